The molecule has 0 radical (unpaired) electrons. The quantitative estimate of drug-likeness (QED) is 0.218. The second kappa shape index (κ2) is 4.52. The zero-order chi connectivity index (χ0) is 7.28. The van der Waals surface area contributed by atoms with E-state index >= 15 is 0 Å². The number of halogens is 1. The minimum Gasteiger partial charge on any atom is -0.291 e. The van der Waals surface area contributed by atoms with Crippen LogP contribution < -0.4 is 11.3 Å². The molecule has 0 aromatic heterocycles. The first kappa shape index (κ1) is 8.65. The van der Waals surface area contributed by atoms with Crippen LogP contribution in [0.5, 0.6) is 0 Å². The second-order valence-corrected chi connectivity index (χ2v) is 2.99. The third kappa shape index (κ3) is 5.52. The van der Waals surface area contributed by atoms with Crippen LogP contribution >= 0.6 is 15.9 Å². The number of carbonyl (C=O) groups is 1. The van der Waals surface area contributed by atoms with Gasteiger partial charge in [-0.25, -0.2) is 5.84 Å². The van der Waals surface area contributed by atoms with Crippen LogP contribution in [0.2, 0.25) is 0 Å². The van der Waals surface area contributed by atoms with Gasteiger partial charge in [0.25, 0.3) is 5.91 Å². The minimum atomic E-state index is -0.290. The zero-order valence-corrected chi connectivity index (χ0v) is 6.68. The van der Waals surface area contributed by atoms with E-state index in [-0.39, 0.29) is 10.7 Å². The van der Waals surface area contributed by atoms with E-state index in [4.69, 9.17) is 5.84 Å². The summed E-state index contributed by atoms with van der Waals surface area (Å²) < 4.78 is 0. The van der Waals surface area contributed by atoms with Crippen LogP contribution in [0.1, 0.15) is 6.92 Å². The van der Waals surface area contributed by atoms with Gasteiger partial charge < -0.3 is 0 Å². The summed E-state index contributed by atoms with van der Waals surface area (Å²) >= 11 is 3.22. The van der Waals surface area contributed by atoms with Crippen molar-refractivity contribution in [3.8, 4) is 0 Å². The van der Waals surface area contributed by atoms with Crippen LogP contribution in [0.25, 0.3) is 0 Å². The van der Waals surface area contributed by atoms with Gasteiger partial charge in [0.15, 0.2) is 0 Å². The minimum absolute atomic E-state index is 0.204. The molecule has 0 fully saturated rings. The standard InChI is InChI=1S/C5H9BrN2O/c1-4(6)2-3-5(9)8-7/h2-4H,7H2,1H3,(H,8,9)/b3-2-. The summed E-state index contributed by atoms with van der Waals surface area (Å²) in [7, 11) is 0. The highest BCUT2D eigenvalue weighted by Gasteiger charge is 1.89. The van der Waals surface area contributed by atoms with Gasteiger partial charge in [-0.2, -0.15) is 0 Å². The van der Waals surface area contributed by atoms with Crippen molar-refractivity contribution in [2.24, 2.45) is 5.84 Å². The van der Waals surface area contributed by atoms with Crippen LogP contribution in [0.15, 0.2) is 12.2 Å². The highest BCUT2D eigenvalue weighted by molar-refractivity contribution is 9.09. The Kier molecular flexibility index (Phi) is 4.35. The lowest BCUT2D eigenvalue weighted by Crippen LogP contribution is -2.28. The predicted molar refractivity (Wildman–Crippen MR) is 39.9 cm³/mol. The molecule has 0 aromatic carbocycles. The molecule has 0 aliphatic rings. The van der Waals surface area contributed by atoms with E-state index in [2.05, 4.69) is 15.9 Å². The van der Waals surface area contributed by atoms with Crippen molar-refractivity contribution >= 4 is 21.8 Å². The highest BCUT2D eigenvalue weighted by Crippen LogP contribution is 1.97. The van der Waals surface area contributed by atoms with Gasteiger partial charge in [-0.3, -0.25) is 10.2 Å². The van der Waals surface area contributed by atoms with Gasteiger partial charge in [-0.05, 0) is 6.92 Å². The molecule has 0 heterocycles. The highest BCUT2D eigenvalue weighted by atomic mass is 79.9. The van der Waals surface area contributed by atoms with E-state index < -0.39 is 0 Å². The van der Waals surface area contributed by atoms with Gasteiger partial charge in [-0.15, -0.1) is 0 Å². The summed E-state index contributed by atoms with van der Waals surface area (Å²) in [6.45, 7) is 1.90. The van der Waals surface area contributed by atoms with Crippen LogP contribution in [-0.4, -0.2) is 10.7 Å². The Labute approximate surface area is 62.4 Å². The smallest absolute Gasteiger partial charge is 0.257 e. The number of nitrogens with one attached hydrogen (secondary N) is 1. The first-order chi connectivity index (χ1) is 4.16. The number of amides is 1. The normalized spacial score (nSPS) is 13.7. The number of hydrogen-bond donors (Lipinski definition) is 2. The second-order valence-electron chi connectivity index (χ2n) is 1.55. The summed E-state index contributed by atoms with van der Waals surface area (Å²) in [5, 5.41) is 0. The predicted octanol–water partition coefficient (Wildman–Crippen LogP) is 0.316. The molecule has 0 saturated carbocycles. The van der Waals surface area contributed by atoms with Crippen molar-refractivity contribution in [3.05, 3.63) is 12.2 Å². The van der Waals surface area contributed by atoms with E-state index in [1.165, 1.54) is 6.08 Å². The van der Waals surface area contributed by atoms with Crippen molar-refractivity contribution in [3.63, 3.8) is 0 Å². The number of nitrogens with two attached hydrogens (primary N) is 1. The summed E-state index contributed by atoms with van der Waals surface area (Å²) in [4.78, 5) is 10.6. The molecule has 3 nitrogen and oxygen atoms in total. The topological polar surface area (TPSA) is 55.1 Å². The third-order valence-electron chi connectivity index (χ3n) is 0.655. The van der Waals surface area contributed by atoms with Crippen molar-refractivity contribution in [1.82, 2.24) is 5.43 Å². The Balaban J connectivity index is 3.57. The lowest BCUT2D eigenvalue weighted by Gasteiger charge is -1.90. The van der Waals surface area contributed by atoms with E-state index in [9.17, 15) is 4.79 Å². The molecule has 1 amide bonds. The van der Waals surface area contributed by atoms with Gasteiger partial charge in [0, 0.05) is 10.9 Å². The average Bonchev–Trinajstić information content (AvgIpc) is 1.83. The van der Waals surface area contributed by atoms with Crippen LogP contribution in [0.3, 0.4) is 0 Å². The molecule has 0 aliphatic heterocycles. The number of carbonyl (C=O) groups excluding carboxylic acids is 1. The molecule has 9 heavy (non-hydrogen) atoms. The van der Waals surface area contributed by atoms with Crippen LogP contribution in [-0.2, 0) is 4.79 Å². The molecule has 0 bridgehead atoms. The van der Waals surface area contributed by atoms with Gasteiger partial charge in [0.1, 0.15) is 0 Å². The van der Waals surface area contributed by atoms with E-state index in [0.29, 0.717) is 0 Å². The first-order valence-electron chi connectivity index (χ1n) is 2.49. The molecule has 0 rings (SSSR count). The van der Waals surface area contributed by atoms with Crippen LogP contribution in [0, 0.1) is 0 Å². The number of hydrazine groups is 1. The van der Waals surface area contributed by atoms with Gasteiger partial charge >= 0.3 is 0 Å². The molecule has 0 saturated heterocycles. The van der Waals surface area contributed by atoms with Crippen molar-refractivity contribution in [1.29, 1.82) is 0 Å². The van der Waals surface area contributed by atoms with Crippen molar-refractivity contribution in [2.75, 3.05) is 0 Å². The fourth-order valence-electron chi connectivity index (χ4n) is 0.268. The Morgan fingerprint density at radius 3 is 2.78 bits per heavy atom. The number of rotatable bonds is 2. The Bertz CT molecular complexity index is 122. The molecule has 1 atom stereocenters. The number of alkyl halides is 1. The molecule has 4 heteroatoms. The summed E-state index contributed by atoms with van der Waals surface area (Å²) in [5.74, 6) is 4.50. The maximum Gasteiger partial charge on any atom is 0.257 e. The Morgan fingerprint density at radius 2 is 2.44 bits per heavy atom. The largest absolute Gasteiger partial charge is 0.291 e. The zero-order valence-electron chi connectivity index (χ0n) is 5.10. The van der Waals surface area contributed by atoms with E-state index in [1.807, 2.05) is 12.3 Å². The SMILES string of the molecule is CC(Br)/C=C\C(=O)NN. The van der Waals surface area contributed by atoms with Crippen LogP contribution in [0.4, 0.5) is 0 Å². The van der Waals surface area contributed by atoms with Gasteiger partial charge in [0.05, 0.1) is 0 Å². The Morgan fingerprint density at radius 1 is 1.89 bits per heavy atom. The fraction of sp³-hybridized carbons (Fsp3) is 0.400. The molecule has 1 unspecified atom stereocenters. The molecule has 52 valence electrons. The van der Waals surface area contributed by atoms with Gasteiger partial charge in [0.2, 0.25) is 0 Å². The summed E-state index contributed by atoms with van der Waals surface area (Å²) in [5.41, 5.74) is 1.97. The van der Waals surface area contributed by atoms with Crippen molar-refractivity contribution < 1.29 is 4.79 Å². The molecule has 0 aromatic rings. The van der Waals surface area contributed by atoms with Crippen molar-refractivity contribution in [2.45, 2.75) is 11.8 Å². The lowest BCUT2D eigenvalue weighted by atomic mass is 10.4. The molecular formula is C5H9BrN2O. The molecular weight excluding hydrogens is 184 g/mol. The van der Waals surface area contributed by atoms with E-state index in [1.54, 1.807) is 6.08 Å². The van der Waals surface area contributed by atoms with Gasteiger partial charge in [-0.1, -0.05) is 22.0 Å². The summed E-state index contributed by atoms with van der Waals surface area (Å²) in [6.07, 6.45) is 3.07. The molecule has 0 spiro atoms. The average molecular weight is 193 g/mol. The number of allylic oxidation sites excluding steroid dienone is 1. The Hall–Kier alpha value is -0.350. The first-order valence-corrected chi connectivity index (χ1v) is 3.41. The summed E-state index contributed by atoms with van der Waals surface area (Å²) in [6, 6.07) is 0. The fourth-order valence-corrected chi connectivity index (χ4v) is 0.421. The maximum absolute atomic E-state index is 10.4. The lowest BCUT2D eigenvalue weighted by molar-refractivity contribution is -0.116. The third-order valence-corrected chi connectivity index (χ3v) is 0.960. The van der Waals surface area contributed by atoms with E-state index in [0.717, 1.165) is 0 Å². The number of hydrogen-bond acceptors (Lipinski definition) is 2. The maximum atomic E-state index is 10.4. The monoisotopic (exact) mass is 192 g/mol. The molecule has 0 aliphatic carbocycles. The molecule has 3 N–H and O–H groups in total.